The average Bonchev–Trinajstić information content (AvgIpc) is 3.45. The molecule has 0 saturated heterocycles. The Bertz CT molecular complexity index is 2560. The lowest BCUT2D eigenvalue weighted by Gasteiger charge is -2.40. The van der Waals surface area contributed by atoms with Crippen LogP contribution in [0.25, 0.3) is 54.9 Å². The Kier molecular flexibility index (Phi) is 5.85. The second kappa shape index (κ2) is 10.3. The molecule has 0 amide bonds. The fourth-order valence-corrected chi connectivity index (χ4v) is 9.64. The lowest BCUT2D eigenvalue weighted by atomic mass is 9.66. The standard InChI is InChI=1S/C46H27NS/c47-28-29-22-24-42-40(26-29)46(38-20-10-8-14-32(38)33-15-9-11-21-39(33)46)41-27-31(23-25-43(41)48-42)45-36-18-6-4-16-34(36)44(30-12-2-1-3-13-30)35-17-5-7-19-37(35)45/h1-27H. The molecule has 0 atom stereocenters. The molecule has 0 aromatic heterocycles. The third kappa shape index (κ3) is 3.63. The maximum Gasteiger partial charge on any atom is 0.0991 e. The van der Waals surface area contributed by atoms with Gasteiger partial charge in [0.15, 0.2) is 0 Å². The van der Waals surface area contributed by atoms with Crippen LogP contribution in [0.15, 0.2) is 174 Å². The molecule has 8 aromatic rings. The zero-order valence-corrected chi connectivity index (χ0v) is 26.8. The zero-order chi connectivity index (χ0) is 31.8. The molecule has 2 heteroatoms. The van der Waals surface area contributed by atoms with Gasteiger partial charge in [0, 0.05) is 9.79 Å². The lowest BCUT2D eigenvalue weighted by Crippen LogP contribution is -2.32. The molecule has 1 spiro atoms. The summed E-state index contributed by atoms with van der Waals surface area (Å²) in [5.74, 6) is 0. The van der Waals surface area contributed by atoms with E-state index in [-0.39, 0.29) is 0 Å². The van der Waals surface area contributed by atoms with E-state index in [1.54, 1.807) is 0 Å². The highest BCUT2D eigenvalue weighted by atomic mass is 32.2. The molecule has 0 fully saturated rings. The van der Waals surface area contributed by atoms with E-state index in [9.17, 15) is 5.26 Å². The minimum Gasteiger partial charge on any atom is -0.192 e. The van der Waals surface area contributed by atoms with Crippen LogP contribution >= 0.6 is 11.8 Å². The smallest absolute Gasteiger partial charge is 0.0991 e. The Morgan fingerprint density at radius 1 is 0.417 bits per heavy atom. The van der Waals surface area contributed by atoms with Crippen LogP contribution in [0.1, 0.15) is 27.8 Å². The lowest BCUT2D eigenvalue weighted by molar-refractivity contribution is 0.722. The summed E-state index contributed by atoms with van der Waals surface area (Å²) in [6.07, 6.45) is 0. The van der Waals surface area contributed by atoms with Gasteiger partial charge in [-0.1, -0.05) is 145 Å². The summed E-state index contributed by atoms with van der Waals surface area (Å²) < 4.78 is 0. The van der Waals surface area contributed by atoms with Crippen molar-refractivity contribution in [3.63, 3.8) is 0 Å². The highest BCUT2D eigenvalue weighted by molar-refractivity contribution is 7.99. The van der Waals surface area contributed by atoms with Crippen LogP contribution in [0.4, 0.5) is 0 Å². The summed E-state index contributed by atoms with van der Waals surface area (Å²) in [4.78, 5) is 2.45. The third-order valence-corrected chi connectivity index (χ3v) is 11.5. The van der Waals surface area contributed by atoms with Crippen LogP contribution in [-0.2, 0) is 5.41 Å². The van der Waals surface area contributed by atoms with Crippen LogP contribution in [0.5, 0.6) is 0 Å². The van der Waals surface area contributed by atoms with Gasteiger partial charge in [0.1, 0.15) is 0 Å². The summed E-state index contributed by atoms with van der Waals surface area (Å²) in [7, 11) is 0. The largest absolute Gasteiger partial charge is 0.192 e. The molecule has 10 rings (SSSR count). The minimum atomic E-state index is -0.554. The van der Waals surface area contributed by atoms with Crippen molar-refractivity contribution in [2.24, 2.45) is 0 Å². The van der Waals surface area contributed by atoms with Crippen LogP contribution in [0.2, 0.25) is 0 Å². The number of fused-ring (bicyclic) bond motifs is 11. The van der Waals surface area contributed by atoms with Crippen molar-refractivity contribution in [1.82, 2.24) is 0 Å². The van der Waals surface area contributed by atoms with Crippen molar-refractivity contribution < 1.29 is 0 Å². The summed E-state index contributed by atoms with van der Waals surface area (Å²) in [6, 6.07) is 62.0. The van der Waals surface area contributed by atoms with Crippen molar-refractivity contribution in [1.29, 1.82) is 5.26 Å². The molecule has 222 valence electrons. The van der Waals surface area contributed by atoms with Gasteiger partial charge in [-0.2, -0.15) is 5.26 Å². The predicted octanol–water partition coefficient (Wildman–Crippen LogP) is 12.0. The van der Waals surface area contributed by atoms with Gasteiger partial charge in [0.2, 0.25) is 0 Å². The molecular weight excluding hydrogens is 599 g/mol. The van der Waals surface area contributed by atoms with Gasteiger partial charge in [-0.3, -0.25) is 0 Å². The first kappa shape index (κ1) is 27.3. The minimum absolute atomic E-state index is 0.554. The normalized spacial score (nSPS) is 13.5. The van der Waals surface area contributed by atoms with E-state index in [0.717, 1.165) is 0 Å². The molecule has 48 heavy (non-hydrogen) atoms. The molecule has 0 N–H and O–H groups in total. The van der Waals surface area contributed by atoms with Gasteiger partial charge in [0.25, 0.3) is 0 Å². The first-order valence-electron chi connectivity index (χ1n) is 16.3. The molecule has 1 aliphatic carbocycles. The molecule has 0 radical (unpaired) electrons. The van der Waals surface area contributed by atoms with E-state index in [4.69, 9.17) is 0 Å². The van der Waals surface area contributed by atoms with E-state index in [2.05, 4.69) is 164 Å². The van der Waals surface area contributed by atoms with Crippen LogP contribution in [0.3, 0.4) is 0 Å². The molecular formula is C46H27NS. The molecule has 8 aromatic carbocycles. The zero-order valence-electron chi connectivity index (χ0n) is 25.9. The summed E-state index contributed by atoms with van der Waals surface area (Å²) in [5.41, 5.74) is 12.6. The SMILES string of the molecule is N#Cc1ccc2c(c1)C1(c3cc(-c4c5ccccc5c(-c5ccccc5)c5ccccc45)ccc3S2)c2ccccc2-c2ccccc21. The maximum atomic E-state index is 10.1. The molecule has 0 unspecified atom stereocenters. The first-order valence-corrected chi connectivity index (χ1v) is 17.1. The van der Waals surface area contributed by atoms with Crippen molar-refractivity contribution in [2.75, 3.05) is 0 Å². The van der Waals surface area contributed by atoms with Gasteiger partial charge in [0.05, 0.1) is 17.0 Å². The maximum absolute atomic E-state index is 10.1. The van der Waals surface area contributed by atoms with Gasteiger partial charge in [-0.15, -0.1) is 0 Å². The van der Waals surface area contributed by atoms with Crippen LogP contribution in [0, 0.1) is 11.3 Å². The monoisotopic (exact) mass is 625 g/mol. The van der Waals surface area contributed by atoms with E-state index < -0.39 is 5.41 Å². The highest BCUT2D eigenvalue weighted by Gasteiger charge is 2.50. The van der Waals surface area contributed by atoms with Gasteiger partial charge < -0.3 is 0 Å². The van der Waals surface area contributed by atoms with Crippen LogP contribution < -0.4 is 0 Å². The van der Waals surface area contributed by atoms with Gasteiger partial charge in [-0.05, 0) is 108 Å². The van der Waals surface area contributed by atoms with E-state index >= 15 is 0 Å². The summed E-state index contributed by atoms with van der Waals surface area (Å²) in [6.45, 7) is 0. The molecule has 0 bridgehead atoms. The highest BCUT2D eigenvalue weighted by Crippen LogP contribution is 2.62. The Morgan fingerprint density at radius 2 is 0.896 bits per heavy atom. The number of benzene rings is 8. The van der Waals surface area contributed by atoms with Gasteiger partial charge in [-0.25, -0.2) is 0 Å². The topological polar surface area (TPSA) is 23.8 Å². The fraction of sp³-hybridized carbons (Fsp3) is 0.0217. The number of nitrogens with zero attached hydrogens (tertiary/aromatic N) is 1. The third-order valence-electron chi connectivity index (χ3n) is 10.4. The number of hydrogen-bond donors (Lipinski definition) is 0. The Morgan fingerprint density at radius 3 is 1.48 bits per heavy atom. The molecule has 1 heterocycles. The molecule has 0 saturated carbocycles. The van der Waals surface area contributed by atoms with E-state index in [1.165, 1.54) is 87.0 Å². The Balaban J connectivity index is 1.33. The quantitative estimate of drug-likeness (QED) is 0.179. The van der Waals surface area contributed by atoms with Gasteiger partial charge >= 0.3 is 0 Å². The van der Waals surface area contributed by atoms with Crippen molar-refractivity contribution in [2.45, 2.75) is 15.2 Å². The number of nitriles is 1. The van der Waals surface area contributed by atoms with Crippen molar-refractivity contribution in [3.8, 4) is 39.4 Å². The molecule has 1 nitrogen and oxygen atoms in total. The predicted molar refractivity (Wildman–Crippen MR) is 198 cm³/mol. The van der Waals surface area contributed by atoms with Crippen molar-refractivity contribution in [3.05, 3.63) is 192 Å². The van der Waals surface area contributed by atoms with Crippen LogP contribution in [-0.4, -0.2) is 0 Å². The Hall–Kier alpha value is -5.88. The first-order chi connectivity index (χ1) is 23.8. The average molecular weight is 626 g/mol. The van der Waals surface area contributed by atoms with E-state index in [0.29, 0.717) is 5.56 Å². The Labute approximate surface area is 283 Å². The molecule has 1 aliphatic heterocycles. The molecule has 2 aliphatic rings. The number of rotatable bonds is 2. The fourth-order valence-electron chi connectivity index (χ4n) is 8.48. The van der Waals surface area contributed by atoms with E-state index in [1.807, 2.05) is 17.8 Å². The second-order valence-electron chi connectivity index (χ2n) is 12.7. The summed E-state index contributed by atoms with van der Waals surface area (Å²) in [5, 5.41) is 15.1. The van der Waals surface area contributed by atoms with Crippen molar-refractivity contribution >= 4 is 33.3 Å². The second-order valence-corrected chi connectivity index (χ2v) is 13.8. The number of hydrogen-bond acceptors (Lipinski definition) is 2. The summed E-state index contributed by atoms with van der Waals surface area (Å²) >= 11 is 1.81.